The lowest BCUT2D eigenvalue weighted by Gasteiger charge is -2.01. The molecule has 0 aliphatic rings. The van der Waals surface area contributed by atoms with Crippen LogP contribution < -0.4 is 5.73 Å². The van der Waals surface area contributed by atoms with Crippen molar-refractivity contribution in [3.8, 4) is 0 Å². The van der Waals surface area contributed by atoms with Crippen LogP contribution in [0.25, 0.3) is 11.0 Å². The Morgan fingerprint density at radius 3 is 2.88 bits per heavy atom. The summed E-state index contributed by atoms with van der Waals surface area (Å²) in [6.45, 7) is -0.0380. The first-order chi connectivity index (χ1) is 7.68. The number of H-pyrrole nitrogens is 1. The maximum absolute atomic E-state index is 10.2. The van der Waals surface area contributed by atoms with E-state index < -0.39 is 0 Å². The van der Waals surface area contributed by atoms with Gasteiger partial charge in [0.05, 0.1) is 5.69 Å². The molecule has 0 fully saturated rings. The van der Waals surface area contributed by atoms with Crippen LogP contribution in [0.15, 0.2) is 12.1 Å². The van der Waals surface area contributed by atoms with E-state index >= 15 is 0 Å². The zero-order chi connectivity index (χ0) is 11.5. The molecular formula is C9H11N5O2. The Kier molecular flexibility index (Phi) is 2.67. The maximum atomic E-state index is 10.2. The summed E-state index contributed by atoms with van der Waals surface area (Å²) in [5.74, 6) is 0. The predicted octanol–water partition coefficient (Wildman–Crippen LogP) is 0.749. The third kappa shape index (κ3) is 1.92. The molecule has 0 aliphatic carbocycles. The summed E-state index contributed by atoms with van der Waals surface area (Å²) < 4.78 is 0. The molecule has 1 aromatic heterocycles. The maximum Gasteiger partial charge on any atom is 0.204 e. The summed E-state index contributed by atoms with van der Waals surface area (Å²) in [7, 11) is 0. The number of nitrogen functional groups attached to an aromatic ring is 1. The third-order valence-electron chi connectivity index (χ3n) is 2.38. The summed E-state index contributed by atoms with van der Waals surface area (Å²) in [6.07, 6.45) is 1.09. The van der Waals surface area contributed by atoms with Crippen molar-refractivity contribution < 1.29 is 4.92 Å². The molecule has 0 amide bonds. The zero-order valence-electron chi connectivity index (χ0n) is 8.51. The van der Waals surface area contributed by atoms with Crippen molar-refractivity contribution in [3.05, 3.63) is 27.8 Å². The van der Waals surface area contributed by atoms with Gasteiger partial charge >= 0.3 is 0 Å². The van der Waals surface area contributed by atoms with Gasteiger partial charge < -0.3 is 5.73 Å². The number of benzene rings is 1. The summed E-state index contributed by atoms with van der Waals surface area (Å²) in [5.41, 5.74) is 8.52. The second kappa shape index (κ2) is 4.13. The minimum atomic E-state index is -0.322. The predicted molar refractivity (Wildman–Crippen MR) is 58.5 cm³/mol. The van der Waals surface area contributed by atoms with E-state index in [2.05, 4.69) is 15.4 Å². The Hall–Kier alpha value is -2.18. The van der Waals surface area contributed by atoms with Crippen LogP contribution in [0.4, 0.5) is 5.69 Å². The van der Waals surface area contributed by atoms with E-state index in [9.17, 15) is 10.1 Å². The summed E-state index contributed by atoms with van der Waals surface area (Å²) in [5, 5.41) is 20.6. The van der Waals surface area contributed by atoms with Crippen LogP contribution >= 0.6 is 0 Å². The molecule has 3 N–H and O–H groups in total. The number of rotatable bonds is 4. The molecule has 0 radical (unpaired) electrons. The Morgan fingerprint density at radius 1 is 1.38 bits per heavy atom. The topological polar surface area (TPSA) is 111 Å². The lowest BCUT2D eigenvalue weighted by atomic mass is 10.1. The fourth-order valence-electron chi connectivity index (χ4n) is 1.60. The van der Waals surface area contributed by atoms with Crippen LogP contribution in [0.1, 0.15) is 12.0 Å². The van der Waals surface area contributed by atoms with E-state index in [0.29, 0.717) is 29.6 Å². The number of aromatic amines is 1. The average Bonchev–Trinajstić information content (AvgIpc) is 2.70. The first-order valence-corrected chi connectivity index (χ1v) is 4.88. The SMILES string of the molecule is Nc1ccc(CCC[N+](=O)[O-])c2n[nH]nc12. The number of fused-ring (bicyclic) bond motifs is 1. The normalized spacial score (nSPS) is 10.8. The highest BCUT2D eigenvalue weighted by atomic mass is 16.6. The molecule has 16 heavy (non-hydrogen) atoms. The number of aryl methyl sites for hydroxylation is 1. The van der Waals surface area contributed by atoms with E-state index in [1.807, 2.05) is 6.07 Å². The smallest absolute Gasteiger partial charge is 0.204 e. The molecule has 1 heterocycles. The second-order valence-electron chi connectivity index (χ2n) is 3.49. The number of nitro groups is 1. The van der Waals surface area contributed by atoms with Gasteiger partial charge in [-0.25, -0.2) is 0 Å². The van der Waals surface area contributed by atoms with Gasteiger partial charge in [-0.05, 0) is 18.1 Å². The van der Waals surface area contributed by atoms with Crippen molar-refractivity contribution in [1.29, 1.82) is 0 Å². The standard InChI is InChI=1S/C9H11N5O2/c10-7-4-3-6(2-1-5-14(15)16)8-9(7)12-13-11-8/h3-4H,1-2,5,10H2,(H,11,12,13). The van der Waals surface area contributed by atoms with Crippen molar-refractivity contribution in [2.24, 2.45) is 0 Å². The van der Waals surface area contributed by atoms with E-state index in [4.69, 9.17) is 5.73 Å². The Labute approximate surface area is 90.8 Å². The fraction of sp³-hybridized carbons (Fsp3) is 0.333. The van der Waals surface area contributed by atoms with Crippen molar-refractivity contribution >= 4 is 16.7 Å². The van der Waals surface area contributed by atoms with Gasteiger partial charge in [0.1, 0.15) is 11.0 Å². The molecule has 7 heteroatoms. The first kappa shape index (κ1) is 10.3. The highest BCUT2D eigenvalue weighted by molar-refractivity contribution is 5.88. The van der Waals surface area contributed by atoms with E-state index in [0.717, 1.165) is 5.56 Å². The van der Waals surface area contributed by atoms with E-state index in [1.54, 1.807) is 6.07 Å². The highest BCUT2D eigenvalue weighted by Gasteiger charge is 2.08. The number of aromatic nitrogens is 3. The number of nitrogens with zero attached hydrogens (tertiary/aromatic N) is 3. The highest BCUT2D eigenvalue weighted by Crippen LogP contribution is 2.21. The van der Waals surface area contributed by atoms with E-state index in [1.165, 1.54) is 0 Å². The third-order valence-corrected chi connectivity index (χ3v) is 2.38. The van der Waals surface area contributed by atoms with Gasteiger partial charge in [0, 0.05) is 11.3 Å². The molecule has 2 rings (SSSR count). The van der Waals surface area contributed by atoms with Gasteiger partial charge in [-0.3, -0.25) is 10.1 Å². The fourth-order valence-corrected chi connectivity index (χ4v) is 1.60. The molecule has 2 aromatic rings. The molecule has 0 bridgehead atoms. The van der Waals surface area contributed by atoms with E-state index in [-0.39, 0.29) is 11.5 Å². The zero-order valence-corrected chi connectivity index (χ0v) is 8.51. The van der Waals surface area contributed by atoms with Gasteiger partial charge in [0.25, 0.3) is 0 Å². The van der Waals surface area contributed by atoms with Crippen molar-refractivity contribution in [2.75, 3.05) is 12.3 Å². The number of hydrogen-bond acceptors (Lipinski definition) is 5. The largest absolute Gasteiger partial charge is 0.397 e. The molecule has 0 saturated heterocycles. The summed E-state index contributed by atoms with van der Waals surface area (Å²) in [4.78, 5) is 9.89. The minimum Gasteiger partial charge on any atom is -0.397 e. The average molecular weight is 221 g/mol. The number of hydrogen-bond donors (Lipinski definition) is 2. The molecule has 1 aromatic carbocycles. The van der Waals surface area contributed by atoms with Crippen LogP contribution in [-0.4, -0.2) is 26.9 Å². The van der Waals surface area contributed by atoms with Crippen LogP contribution in [-0.2, 0) is 6.42 Å². The van der Waals surface area contributed by atoms with Gasteiger partial charge in [0.15, 0.2) is 0 Å². The van der Waals surface area contributed by atoms with Gasteiger partial charge in [-0.15, -0.1) is 0 Å². The minimum absolute atomic E-state index is 0.0380. The Bertz CT molecular complexity index is 522. The van der Waals surface area contributed by atoms with Crippen LogP contribution in [0.5, 0.6) is 0 Å². The summed E-state index contributed by atoms with van der Waals surface area (Å²) >= 11 is 0. The van der Waals surface area contributed by atoms with Gasteiger partial charge in [-0.2, -0.15) is 15.4 Å². The molecule has 0 atom stereocenters. The van der Waals surface area contributed by atoms with Crippen LogP contribution in [0.3, 0.4) is 0 Å². The molecule has 84 valence electrons. The second-order valence-corrected chi connectivity index (χ2v) is 3.49. The number of nitrogens with two attached hydrogens (primary N) is 1. The van der Waals surface area contributed by atoms with Gasteiger partial charge in [0.2, 0.25) is 6.54 Å². The molecule has 7 nitrogen and oxygen atoms in total. The van der Waals surface area contributed by atoms with Crippen molar-refractivity contribution in [3.63, 3.8) is 0 Å². The molecule has 0 aliphatic heterocycles. The van der Waals surface area contributed by atoms with Crippen LogP contribution in [0, 0.1) is 10.1 Å². The quantitative estimate of drug-likeness (QED) is 0.449. The van der Waals surface area contributed by atoms with Crippen molar-refractivity contribution in [2.45, 2.75) is 12.8 Å². The van der Waals surface area contributed by atoms with Crippen LogP contribution in [0.2, 0.25) is 0 Å². The van der Waals surface area contributed by atoms with Crippen molar-refractivity contribution in [1.82, 2.24) is 15.4 Å². The first-order valence-electron chi connectivity index (χ1n) is 4.88. The Morgan fingerprint density at radius 2 is 2.12 bits per heavy atom. The monoisotopic (exact) mass is 221 g/mol. The molecule has 0 saturated carbocycles. The Balaban J connectivity index is 2.21. The lowest BCUT2D eigenvalue weighted by Crippen LogP contribution is -2.02. The number of anilines is 1. The lowest BCUT2D eigenvalue weighted by molar-refractivity contribution is -0.480. The number of nitrogens with one attached hydrogen (secondary N) is 1. The van der Waals surface area contributed by atoms with Gasteiger partial charge in [-0.1, -0.05) is 6.07 Å². The summed E-state index contributed by atoms with van der Waals surface area (Å²) in [6, 6.07) is 3.58. The molecule has 0 unspecified atom stereocenters. The molecular weight excluding hydrogens is 210 g/mol. The molecule has 0 spiro atoms.